The van der Waals surface area contributed by atoms with Crippen molar-refractivity contribution in [3.63, 3.8) is 0 Å². The van der Waals surface area contributed by atoms with Gasteiger partial charge in [0.2, 0.25) is 5.82 Å². The van der Waals surface area contributed by atoms with Gasteiger partial charge in [0.15, 0.2) is 0 Å². The first kappa shape index (κ1) is 24.1. The maximum Gasteiger partial charge on any atom is 0.416 e. The number of benzene rings is 3. The first-order valence-corrected chi connectivity index (χ1v) is 12.0. The Bertz CT molecular complexity index is 1660. The van der Waals surface area contributed by atoms with E-state index in [1.165, 1.54) is 6.07 Å². The maximum atomic E-state index is 13.1. The minimum Gasteiger partial charge on any atom is -0.481 e. The molecule has 0 amide bonds. The lowest BCUT2D eigenvalue weighted by Crippen LogP contribution is -2.43. The van der Waals surface area contributed by atoms with E-state index in [-0.39, 0.29) is 23.4 Å². The largest absolute Gasteiger partial charge is 0.481 e. The Morgan fingerprint density at radius 1 is 0.921 bits per heavy atom. The van der Waals surface area contributed by atoms with Crippen molar-refractivity contribution < 1.29 is 27.6 Å². The molecule has 1 saturated carbocycles. The first-order valence-electron chi connectivity index (χ1n) is 12.0. The highest BCUT2D eigenvalue weighted by Crippen LogP contribution is 2.33. The van der Waals surface area contributed by atoms with Gasteiger partial charge in [-0.15, -0.1) is 0 Å². The minimum absolute atomic E-state index is 0.219. The van der Waals surface area contributed by atoms with Crippen molar-refractivity contribution in [2.24, 2.45) is 5.92 Å². The van der Waals surface area contributed by atoms with E-state index in [0.29, 0.717) is 41.7 Å². The second-order valence-corrected chi connectivity index (χ2v) is 9.51. The fourth-order valence-electron chi connectivity index (χ4n) is 4.61. The molecule has 38 heavy (non-hydrogen) atoms. The van der Waals surface area contributed by atoms with Crippen molar-refractivity contribution in [2.75, 3.05) is 0 Å². The number of rotatable bonds is 6. The Labute approximate surface area is 214 Å². The predicted octanol–water partition coefficient (Wildman–Crippen LogP) is 6.08. The van der Waals surface area contributed by atoms with Crippen LogP contribution in [0.4, 0.5) is 13.2 Å². The summed E-state index contributed by atoms with van der Waals surface area (Å²) in [7, 11) is 0. The van der Waals surface area contributed by atoms with Crippen LogP contribution in [-0.4, -0.2) is 32.2 Å². The molecule has 0 unspecified atom stereocenters. The molecule has 6 rings (SSSR count). The zero-order valence-electron chi connectivity index (χ0n) is 19.9. The quantitative estimate of drug-likeness (QED) is 0.263. The zero-order valence-corrected chi connectivity index (χ0v) is 19.9. The molecule has 2 aromatic heterocycles. The van der Waals surface area contributed by atoms with Gasteiger partial charge in [-0.1, -0.05) is 41.6 Å². The number of hydrogen-bond acceptors (Lipinski definition) is 6. The van der Waals surface area contributed by atoms with Gasteiger partial charge in [0, 0.05) is 34.5 Å². The lowest BCUT2D eigenvalue weighted by molar-refractivity contribution is -0.145. The molecule has 5 aromatic rings. The van der Waals surface area contributed by atoms with Crippen LogP contribution in [0.1, 0.15) is 24.0 Å². The van der Waals surface area contributed by atoms with Gasteiger partial charge in [0.05, 0.1) is 22.5 Å². The number of carbonyl (C=O) groups is 1. The molecular formula is C28H21F3N4O3. The molecule has 3 aromatic carbocycles. The lowest BCUT2D eigenvalue weighted by atomic mass is 9.80. The lowest BCUT2D eigenvalue weighted by Gasteiger charge is -2.33. The molecule has 1 aliphatic rings. The molecule has 0 bridgehead atoms. The predicted molar refractivity (Wildman–Crippen MR) is 134 cm³/mol. The number of nitrogens with zero attached hydrogens (tertiary/aromatic N) is 3. The van der Waals surface area contributed by atoms with E-state index < -0.39 is 17.7 Å². The molecule has 2 N–H and O–H groups in total. The summed E-state index contributed by atoms with van der Waals surface area (Å²) in [4.78, 5) is 19.9. The third-order valence-corrected chi connectivity index (χ3v) is 6.91. The summed E-state index contributed by atoms with van der Waals surface area (Å²) in [5.74, 6) is -0.303. The van der Waals surface area contributed by atoms with Crippen LogP contribution in [0.25, 0.3) is 44.6 Å². The van der Waals surface area contributed by atoms with Crippen LogP contribution in [0.5, 0.6) is 0 Å². The van der Waals surface area contributed by atoms with Gasteiger partial charge < -0.3 is 14.9 Å². The third kappa shape index (κ3) is 4.70. The fourth-order valence-corrected chi connectivity index (χ4v) is 4.61. The van der Waals surface area contributed by atoms with Crippen LogP contribution in [0.2, 0.25) is 0 Å². The summed E-state index contributed by atoms with van der Waals surface area (Å²) in [6.45, 7) is 0.637. The highest BCUT2D eigenvalue weighted by molar-refractivity contribution is 5.94. The summed E-state index contributed by atoms with van der Waals surface area (Å²) in [5, 5.41) is 17.8. The van der Waals surface area contributed by atoms with E-state index >= 15 is 0 Å². The SMILES string of the molecule is O=C(O)C1CC(NCc2ccc(-c3noc(-c4ccc5cc6ccc(C(F)(F)F)cc6nc5c4)n3)cc2)C1. The van der Waals surface area contributed by atoms with E-state index in [4.69, 9.17) is 9.63 Å². The number of pyridine rings is 1. The molecule has 10 heteroatoms. The molecule has 2 heterocycles. The van der Waals surface area contributed by atoms with E-state index in [2.05, 4.69) is 20.4 Å². The van der Waals surface area contributed by atoms with Crippen molar-refractivity contribution in [1.82, 2.24) is 20.4 Å². The number of carboxylic acids is 1. The summed E-state index contributed by atoms with van der Waals surface area (Å²) >= 11 is 0. The highest BCUT2D eigenvalue weighted by atomic mass is 19.4. The van der Waals surface area contributed by atoms with Gasteiger partial charge in [-0.25, -0.2) is 4.98 Å². The topological polar surface area (TPSA) is 101 Å². The normalized spacial score (nSPS) is 17.6. The summed E-state index contributed by atoms with van der Waals surface area (Å²) < 4.78 is 44.9. The molecular weight excluding hydrogens is 497 g/mol. The number of halogens is 3. The van der Waals surface area contributed by atoms with Crippen molar-refractivity contribution in [1.29, 1.82) is 0 Å². The summed E-state index contributed by atoms with van der Waals surface area (Å²) in [6.07, 6.45) is -3.15. The van der Waals surface area contributed by atoms with Gasteiger partial charge in [-0.2, -0.15) is 18.2 Å². The average Bonchev–Trinajstić information content (AvgIpc) is 3.36. The Hall–Kier alpha value is -4.31. The van der Waals surface area contributed by atoms with Gasteiger partial charge in [0.25, 0.3) is 5.89 Å². The number of fused-ring (bicyclic) bond motifs is 2. The molecule has 0 radical (unpaired) electrons. The average molecular weight is 518 g/mol. The van der Waals surface area contributed by atoms with Crippen molar-refractivity contribution in [3.8, 4) is 22.8 Å². The van der Waals surface area contributed by atoms with Crippen LogP contribution >= 0.6 is 0 Å². The Morgan fingerprint density at radius 3 is 2.32 bits per heavy atom. The summed E-state index contributed by atoms with van der Waals surface area (Å²) in [6, 6.07) is 18.6. The Kier molecular flexibility index (Phi) is 5.83. The van der Waals surface area contributed by atoms with Crippen LogP contribution in [0.3, 0.4) is 0 Å². The van der Waals surface area contributed by atoms with Gasteiger partial charge in [0.1, 0.15) is 0 Å². The molecule has 0 spiro atoms. The number of nitrogens with one attached hydrogen (secondary N) is 1. The fraction of sp³-hybridized carbons (Fsp3) is 0.214. The number of aromatic nitrogens is 3. The second-order valence-electron chi connectivity index (χ2n) is 9.51. The van der Waals surface area contributed by atoms with E-state index in [1.54, 1.807) is 18.2 Å². The monoisotopic (exact) mass is 518 g/mol. The van der Waals surface area contributed by atoms with Crippen molar-refractivity contribution >= 4 is 27.8 Å². The van der Waals surface area contributed by atoms with Gasteiger partial charge in [-0.05, 0) is 48.7 Å². The first-order chi connectivity index (χ1) is 18.2. The molecule has 192 valence electrons. The number of hydrogen-bond donors (Lipinski definition) is 2. The van der Waals surface area contributed by atoms with Crippen molar-refractivity contribution in [3.05, 3.63) is 77.9 Å². The van der Waals surface area contributed by atoms with Gasteiger partial charge >= 0.3 is 12.1 Å². The molecule has 0 saturated heterocycles. The van der Waals surface area contributed by atoms with Gasteiger partial charge in [-0.3, -0.25) is 4.79 Å². The molecule has 0 aliphatic heterocycles. The number of aliphatic carboxylic acids is 1. The molecule has 1 fully saturated rings. The van der Waals surface area contributed by atoms with E-state index in [9.17, 15) is 18.0 Å². The number of carboxylic acid groups (broad SMARTS) is 1. The standard InChI is InChI=1S/C28H21F3N4O3/c29-28(30,31)21-8-7-18-9-17-5-6-19(12-23(17)33-24(18)13-21)26-34-25(35-38-26)16-3-1-15(2-4-16)14-32-22-10-20(11-22)27(36)37/h1-9,12-13,20,22,32H,10-11,14H2,(H,36,37). The Morgan fingerprint density at radius 2 is 1.61 bits per heavy atom. The van der Waals surface area contributed by atoms with Crippen LogP contribution in [0.15, 0.2) is 71.3 Å². The smallest absolute Gasteiger partial charge is 0.416 e. The minimum atomic E-state index is -4.44. The van der Waals surface area contributed by atoms with Crippen LogP contribution in [-0.2, 0) is 17.5 Å². The van der Waals surface area contributed by atoms with Crippen LogP contribution in [0, 0.1) is 5.92 Å². The molecule has 7 nitrogen and oxygen atoms in total. The molecule has 1 aliphatic carbocycles. The highest BCUT2D eigenvalue weighted by Gasteiger charge is 2.34. The van der Waals surface area contributed by atoms with E-state index in [0.717, 1.165) is 28.6 Å². The van der Waals surface area contributed by atoms with Crippen LogP contribution < -0.4 is 5.32 Å². The third-order valence-electron chi connectivity index (χ3n) is 6.91. The van der Waals surface area contributed by atoms with E-state index in [1.807, 2.05) is 30.3 Å². The summed E-state index contributed by atoms with van der Waals surface area (Å²) in [5.41, 5.74) is 2.46. The Balaban J connectivity index is 1.19. The number of alkyl halides is 3. The zero-order chi connectivity index (χ0) is 26.4. The second kappa shape index (κ2) is 9.21. The van der Waals surface area contributed by atoms with Crippen molar-refractivity contribution in [2.45, 2.75) is 31.6 Å². The molecule has 0 atom stereocenters. The maximum absolute atomic E-state index is 13.1.